The molecule has 0 saturated carbocycles. The number of carbonyl (C=O) groups excluding carboxylic acids is 2. The number of terminal acetylenes is 1. The van der Waals surface area contributed by atoms with Gasteiger partial charge in [-0.25, -0.2) is 0 Å². The van der Waals surface area contributed by atoms with Crippen molar-refractivity contribution >= 4 is 39.0 Å². The van der Waals surface area contributed by atoms with Gasteiger partial charge in [0.2, 0.25) is 0 Å². The van der Waals surface area contributed by atoms with Crippen LogP contribution in [0.4, 0.5) is 11.4 Å². The van der Waals surface area contributed by atoms with E-state index in [2.05, 4.69) is 21.9 Å². The summed E-state index contributed by atoms with van der Waals surface area (Å²) in [6, 6.07) is 9.91. The standard InChI is InChI=1S/C19H13BrN2O5/c1-2-9-21-16-8-5-13(20)10-15(16)19(25,18(21)24)11-17(23)12-3-6-14(7-4-12)22(26)27/h1,3-8,10,25H,9,11H2/t19-/m1/s1. The second-order valence-electron chi connectivity index (χ2n) is 6.02. The van der Waals surface area contributed by atoms with Crippen molar-refractivity contribution in [3.8, 4) is 12.3 Å². The second-order valence-corrected chi connectivity index (χ2v) is 6.94. The molecule has 3 rings (SSSR count). The number of nitrogens with zero attached hydrogens (tertiary/aromatic N) is 2. The van der Waals surface area contributed by atoms with E-state index in [9.17, 15) is 24.8 Å². The van der Waals surface area contributed by atoms with E-state index in [0.717, 1.165) is 0 Å². The number of anilines is 1. The predicted octanol–water partition coefficient (Wildman–Crippen LogP) is 2.80. The van der Waals surface area contributed by atoms with Gasteiger partial charge in [-0.3, -0.25) is 24.6 Å². The van der Waals surface area contributed by atoms with Crippen molar-refractivity contribution in [2.75, 3.05) is 11.4 Å². The maximum Gasteiger partial charge on any atom is 0.269 e. The van der Waals surface area contributed by atoms with Crippen molar-refractivity contribution in [3.63, 3.8) is 0 Å². The summed E-state index contributed by atoms with van der Waals surface area (Å²) in [4.78, 5) is 36.9. The fourth-order valence-corrected chi connectivity index (χ4v) is 3.41. The first-order chi connectivity index (χ1) is 12.8. The lowest BCUT2D eigenvalue weighted by Gasteiger charge is -2.21. The lowest BCUT2D eigenvalue weighted by Crippen LogP contribution is -2.42. The lowest BCUT2D eigenvalue weighted by molar-refractivity contribution is -0.384. The number of ketones is 1. The van der Waals surface area contributed by atoms with Crippen LogP contribution in [0.2, 0.25) is 0 Å². The smallest absolute Gasteiger partial charge is 0.269 e. The van der Waals surface area contributed by atoms with E-state index < -0.39 is 28.6 Å². The highest BCUT2D eigenvalue weighted by Gasteiger charge is 2.50. The molecule has 0 aliphatic carbocycles. The van der Waals surface area contributed by atoms with Gasteiger partial charge in [0.25, 0.3) is 11.6 Å². The van der Waals surface area contributed by atoms with E-state index in [4.69, 9.17) is 6.42 Å². The quantitative estimate of drug-likeness (QED) is 0.341. The Morgan fingerprint density at radius 1 is 1.30 bits per heavy atom. The van der Waals surface area contributed by atoms with Crippen LogP contribution in [0.3, 0.4) is 0 Å². The largest absolute Gasteiger partial charge is 0.375 e. The highest BCUT2D eigenvalue weighted by atomic mass is 79.9. The Balaban J connectivity index is 1.96. The molecule has 0 saturated heterocycles. The minimum absolute atomic E-state index is 0.0402. The molecule has 2 aromatic rings. The summed E-state index contributed by atoms with van der Waals surface area (Å²) >= 11 is 3.30. The SMILES string of the molecule is C#CCN1C(=O)[C@@](O)(CC(=O)c2ccc([N+](=O)[O-])cc2)c2cc(Br)ccc21. The normalized spacial score (nSPS) is 18.1. The van der Waals surface area contributed by atoms with E-state index in [1.165, 1.54) is 29.2 Å². The first-order valence-corrected chi connectivity index (χ1v) is 8.62. The molecule has 1 heterocycles. The van der Waals surface area contributed by atoms with Crippen molar-refractivity contribution in [3.05, 3.63) is 68.2 Å². The molecule has 1 N–H and O–H groups in total. The van der Waals surface area contributed by atoms with Crippen LogP contribution >= 0.6 is 15.9 Å². The van der Waals surface area contributed by atoms with Crippen LogP contribution in [0.1, 0.15) is 22.3 Å². The number of rotatable bonds is 5. The fraction of sp³-hybridized carbons (Fsp3) is 0.158. The molecule has 0 aromatic heterocycles. The summed E-state index contributed by atoms with van der Waals surface area (Å²) in [6.45, 7) is -0.0402. The summed E-state index contributed by atoms with van der Waals surface area (Å²) < 4.78 is 0.637. The number of non-ortho nitro benzene ring substituents is 1. The topological polar surface area (TPSA) is 101 Å². The molecule has 0 unspecified atom stereocenters. The van der Waals surface area contributed by atoms with Crippen molar-refractivity contribution < 1.29 is 19.6 Å². The lowest BCUT2D eigenvalue weighted by atomic mass is 9.88. The average Bonchev–Trinajstić information content (AvgIpc) is 2.84. The Morgan fingerprint density at radius 2 is 1.96 bits per heavy atom. The molecule has 27 heavy (non-hydrogen) atoms. The zero-order chi connectivity index (χ0) is 19.8. The first kappa shape index (κ1) is 18.8. The molecule has 2 aromatic carbocycles. The van der Waals surface area contributed by atoms with Crippen LogP contribution in [0, 0.1) is 22.5 Å². The van der Waals surface area contributed by atoms with Crippen LogP contribution in [0.25, 0.3) is 0 Å². The Bertz CT molecular complexity index is 996. The number of fused-ring (bicyclic) bond motifs is 1. The number of aliphatic hydroxyl groups is 1. The van der Waals surface area contributed by atoms with Crippen molar-refractivity contribution in [1.82, 2.24) is 0 Å². The minimum Gasteiger partial charge on any atom is -0.375 e. The van der Waals surface area contributed by atoms with E-state index in [0.29, 0.717) is 10.2 Å². The number of nitro groups is 1. The summed E-state index contributed by atoms with van der Waals surface area (Å²) in [5.74, 6) is 1.17. The zero-order valence-electron chi connectivity index (χ0n) is 13.9. The van der Waals surface area contributed by atoms with Crippen LogP contribution in [-0.2, 0) is 10.4 Å². The molecule has 8 heteroatoms. The predicted molar refractivity (Wildman–Crippen MR) is 101 cm³/mol. The average molecular weight is 429 g/mol. The third kappa shape index (κ3) is 3.23. The van der Waals surface area contributed by atoms with Gasteiger partial charge in [-0.1, -0.05) is 21.9 Å². The summed E-state index contributed by atoms with van der Waals surface area (Å²) in [5.41, 5.74) is -1.33. The highest BCUT2D eigenvalue weighted by molar-refractivity contribution is 9.10. The van der Waals surface area contributed by atoms with Gasteiger partial charge in [-0.2, -0.15) is 0 Å². The molecule has 0 bridgehead atoms. The van der Waals surface area contributed by atoms with Gasteiger partial charge < -0.3 is 5.11 Å². The van der Waals surface area contributed by atoms with Crippen LogP contribution in [-0.4, -0.2) is 28.3 Å². The molecule has 0 radical (unpaired) electrons. The van der Waals surface area contributed by atoms with Crippen LogP contribution in [0.15, 0.2) is 46.9 Å². The minimum atomic E-state index is -2.06. The van der Waals surface area contributed by atoms with Gasteiger partial charge >= 0.3 is 0 Å². The number of nitro benzene ring substituents is 1. The van der Waals surface area contributed by atoms with Gasteiger partial charge in [0.15, 0.2) is 11.4 Å². The Labute approximate surface area is 162 Å². The maximum atomic E-state index is 12.8. The van der Waals surface area contributed by atoms with E-state index >= 15 is 0 Å². The monoisotopic (exact) mass is 428 g/mol. The van der Waals surface area contributed by atoms with Gasteiger partial charge in [-0.15, -0.1) is 6.42 Å². The Kier molecular flexibility index (Phi) is 4.83. The summed E-state index contributed by atoms with van der Waals surface area (Å²) in [7, 11) is 0. The van der Waals surface area contributed by atoms with Crippen molar-refractivity contribution in [2.24, 2.45) is 0 Å². The Hall–Kier alpha value is -3.02. The molecule has 1 aliphatic heterocycles. The first-order valence-electron chi connectivity index (χ1n) is 7.83. The van der Waals surface area contributed by atoms with Gasteiger partial charge in [0.05, 0.1) is 23.6 Å². The molecule has 0 fully saturated rings. The summed E-state index contributed by atoms with van der Waals surface area (Å²) in [5, 5.41) is 21.8. The van der Waals surface area contributed by atoms with Gasteiger partial charge in [-0.05, 0) is 30.3 Å². The second kappa shape index (κ2) is 6.95. The third-order valence-electron chi connectivity index (χ3n) is 4.36. The number of hydrogen-bond donors (Lipinski definition) is 1. The number of halogens is 1. The van der Waals surface area contributed by atoms with E-state index in [1.807, 2.05) is 0 Å². The Morgan fingerprint density at radius 3 is 2.56 bits per heavy atom. The van der Waals surface area contributed by atoms with Crippen molar-refractivity contribution in [1.29, 1.82) is 0 Å². The molecule has 7 nitrogen and oxygen atoms in total. The summed E-state index contributed by atoms with van der Waals surface area (Å²) in [6.07, 6.45) is 4.81. The van der Waals surface area contributed by atoms with Gasteiger partial charge in [0.1, 0.15) is 0 Å². The van der Waals surface area contributed by atoms with E-state index in [1.54, 1.807) is 18.2 Å². The number of amides is 1. The number of hydrogen-bond acceptors (Lipinski definition) is 5. The molecule has 1 amide bonds. The number of Topliss-reactive ketones (excluding diaryl/α,β-unsaturated/α-hetero) is 1. The van der Waals surface area contributed by atoms with Crippen molar-refractivity contribution in [2.45, 2.75) is 12.0 Å². The molecule has 0 spiro atoms. The molecule has 136 valence electrons. The van der Waals surface area contributed by atoms with E-state index in [-0.39, 0.29) is 23.4 Å². The zero-order valence-corrected chi connectivity index (χ0v) is 15.5. The number of benzene rings is 2. The number of carbonyl (C=O) groups is 2. The fourth-order valence-electron chi connectivity index (χ4n) is 3.05. The molecule has 1 aliphatic rings. The maximum absolute atomic E-state index is 12.8. The highest BCUT2D eigenvalue weighted by Crippen LogP contribution is 2.44. The molecule has 1 atom stereocenters. The molecular weight excluding hydrogens is 416 g/mol. The van der Waals surface area contributed by atoms with Crippen LogP contribution in [0.5, 0.6) is 0 Å². The van der Waals surface area contributed by atoms with Crippen LogP contribution < -0.4 is 4.90 Å². The van der Waals surface area contributed by atoms with Gasteiger partial charge in [0, 0.05) is 27.7 Å². The molecular formula is C19H13BrN2O5. The third-order valence-corrected chi connectivity index (χ3v) is 4.85.